The number of nitrogens with one attached hydrogen (secondary N) is 1. The molecule has 1 aliphatic rings. The lowest BCUT2D eigenvalue weighted by Crippen LogP contribution is -2.46. The monoisotopic (exact) mass is 429 g/mol. The Morgan fingerprint density at radius 1 is 1.04 bits per heavy atom. The van der Waals surface area contributed by atoms with E-state index in [0.29, 0.717) is 37.9 Å². The van der Waals surface area contributed by atoms with Crippen molar-refractivity contribution in [1.29, 1.82) is 0 Å². The van der Waals surface area contributed by atoms with Gasteiger partial charge in [0.05, 0.1) is 15.5 Å². The number of hydrogen-bond donors (Lipinski definition) is 1. The van der Waals surface area contributed by atoms with Crippen LogP contribution in [0, 0.1) is 11.6 Å². The van der Waals surface area contributed by atoms with E-state index in [1.165, 1.54) is 28.6 Å². The minimum atomic E-state index is -3.62. The highest BCUT2D eigenvalue weighted by atomic mass is 35.5. The molecule has 6 nitrogen and oxygen atoms in total. The summed E-state index contributed by atoms with van der Waals surface area (Å²) in [6.07, 6.45) is 0. The maximum absolute atomic E-state index is 13.4. The Morgan fingerprint density at radius 2 is 1.61 bits per heavy atom. The zero-order chi connectivity index (χ0) is 20.5. The fourth-order valence-electron chi connectivity index (χ4n) is 2.78. The predicted octanol–water partition coefficient (Wildman–Crippen LogP) is 2.81. The Balaban J connectivity index is 1.74. The number of carbonyl (C=O) groups is 1. The summed E-state index contributed by atoms with van der Waals surface area (Å²) in [6.45, 7) is 2.13. The minimum Gasteiger partial charge on any atom is -0.322 e. The van der Waals surface area contributed by atoms with Gasteiger partial charge in [0.1, 0.15) is 0 Å². The van der Waals surface area contributed by atoms with Crippen molar-refractivity contribution < 1.29 is 22.0 Å². The van der Waals surface area contributed by atoms with E-state index in [0.717, 1.165) is 6.07 Å². The second kappa shape index (κ2) is 8.12. The van der Waals surface area contributed by atoms with Crippen LogP contribution in [-0.4, -0.2) is 56.8 Å². The fraction of sp³-hybridized carbons (Fsp3) is 0.278. The Hall–Kier alpha value is -2.07. The third kappa shape index (κ3) is 4.33. The number of sulfonamides is 1. The van der Waals surface area contributed by atoms with Crippen LogP contribution in [0.2, 0.25) is 5.02 Å². The third-order valence-electron chi connectivity index (χ3n) is 4.47. The molecule has 2 aromatic carbocycles. The predicted molar refractivity (Wildman–Crippen MR) is 102 cm³/mol. The normalized spacial score (nSPS) is 16.1. The summed E-state index contributed by atoms with van der Waals surface area (Å²) in [6, 6.07) is 7.05. The zero-order valence-electron chi connectivity index (χ0n) is 15.0. The fourth-order valence-corrected chi connectivity index (χ4v) is 4.44. The Bertz CT molecular complexity index is 992. The Kier molecular flexibility index (Phi) is 5.99. The van der Waals surface area contributed by atoms with Gasteiger partial charge in [-0.15, -0.1) is 0 Å². The van der Waals surface area contributed by atoms with Crippen LogP contribution in [0.1, 0.15) is 10.4 Å². The van der Waals surface area contributed by atoms with Gasteiger partial charge < -0.3 is 10.2 Å². The van der Waals surface area contributed by atoms with Gasteiger partial charge in [0.15, 0.2) is 11.6 Å². The summed E-state index contributed by atoms with van der Waals surface area (Å²) >= 11 is 5.79. The van der Waals surface area contributed by atoms with Crippen molar-refractivity contribution in [2.75, 3.05) is 38.5 Å². The molecular weight excluding hydrogens is 412 g/mol. The van der Waals surface area contributed by atoms with E-state index >= 15 is 0 Å². The van der Waals surface area contributed by atoms with Crippen LogP contribution in [0.5, 0.6) is 0 Å². The Labute approximate surface area is 166 Å². The van der Waals surface area contributed by atoms with Crippen molar-refractivity contribution in [1.82, 2.24) is 9.21 Å². The van der Waals surface area contributed by atoms with Crippen molar-refractivity contribution >= 4 is 33.2 Å². The molecule has 1 saturated heterocycles. The molecule has 1 aliphatic heterocycles. The van der Waals surface area contributed by atoms with Crippen LogP contribution < -0.4 is 5.32 Å². The van der Waals surface area contributed by atoms with Crippen LogP contribution in [-0.2, 0) is 10.0 Å². The molecule has 0 saturated carbocycles. The van der Waals surface area contributed by atoms with Gasteiger partial charge in [-0.3, -0.25) is 4.79 Å². The molecule has 0 unspecified atom stereocenters. The number of benzene rings is 2. The molecule has 3 rings (SSSR count). The number of likely N-dealkylation sites (N-methyl/N-ethyl adjacent to an activating group) is 1. The summed E-state index contributed by atoms with van der Waals surface area (Å²) in [7, 11) is -1.69. The molecule has 1 amide bonds. The lowest BCUT2D eigenvalue weighted by Gasteiger charge is -2.31. The summed E-state index contributed by atoms with van der Waals surface area (Å²) in [5, 5.41) is 2.25. The highest BCUT2D eigenvalue weighted by Gasteiger charge is 2.27. The van der Waals surface area contributed by atoms with Crippen molar-refractivity contribution in [3.05, 3.63) is 58.6 Å². The third-order valence-corrected chi connectivity index (χ3v) is 6.69. The molecule has 0 atom stereocenters. The first-order valence-electron chi connectivity index (χ1n) is 8.43. The van der Waals surface area contributed by atoms with Crippen LogP contribution in [0.3, 0.4) is 0 Å². The molecule has 10 heteroatoms. The maximum Gasteiger partial charge on any atom is 0.257 e. The zero-order valence-corrected chi connectivity index (χ0v) is 16.5. The number of piperazine rings is 1. The molecule has 2 aromatic rings. The highest BCUT2D eigenvalue weighted by Crippen LogP contribution is 2.23. The summed E-state index contributed by atoms with van der Waals surface area (Å²) in [5.74, 6) is -3.08. The molecule has 0 aromatic heterocycles. The van der Waals surface area contributed by atoms with Crippen LogP contribution >= 0.6 is 11.6 Å². The second-order valence-corrected chi connectivity index (χ2v) is 8.78. The number of anilines is 1. The van der Waals surface area contributed by atoms with Crippen molar-refractivity contribution in [3.8, 4) is 0 Å². The van der Waals surface area contributed by atoms with Crippen LogP contribution in [0.25, 0.3) is 0 Å². The standard InChI is InChI=1S/C18H18ClF2N3O3S/c1-23-6-8-24(9-7-23)28(26,27)13-4-2-12(3-5-13)22-18(25)14-10-16(20)17(21)11-15(14)19/h2-5,10-11H,6-9H2,1H3,(H,22,25). The van der Waals surface area contributed by atoms with Gasteiger partial charge in [-0.2, -0.15) is 4.31 Å². The van der Waals surface area contributed by atoms with Gasteiger partial charge in [0.25, 0.3) is 5.91 Å². The topological polar surface area (TPSA) is 69.7 Å². The van der Waals surface area contributed by atoms with Gasteiger partial charge in [-0.25, -0.2) is 17.2 Å². The van der Waals surface area contributed by atoms with Gasteiger partial charge in [0, 0.05) is 31.9 Å². The quantitative estimate of drug-likeness (QED) is 0.759. The number of carbonyl (C=O) groups excluding carboxylic acids is 1. The maximum atomic E-state index is 13.4. The molecule has 0 aliphatic carbocycles. The number of rotatable bonds is 4. The van der Waals surface area contributed by atoms with E-state index < -0.39 is 27.6 Å². The molecule has 28 heavy (non-hydrogen) atoms. The lowest BCUT2D eigenvalue weighted by atomic mass is 10.2. The van der Waals surface area contributed by atoms with Crippen molar-refractivity contribution in [2.45, 2.75) is 4.90 Å². The smallest absolute Gasteiger partial charge is 0.257 e. The number of halogens is 3. The molecule has 0 spiro atoms. The van der Waals surface area contributed by atoms with Gasteiger partial charge >= 0.3 is 0 Å². The van der Waals surface area contributed by atoms with E-state index in [-0.39, 0.29) is 15.5 Å². The number of nitrogens with zero attached hydrogens (tertiary/aromatic N) is 2. The average Bonchev–Trinajstić information content (AvgIpc) is 2.65. The first-order chi connectivity index (χ1) is 13.2. The van der Waals surface area contributed by atoms with E-state index in [9.17, 15) is 22.0 Å². The van der Waals surface area contributed by atoms with Crippen LogP contribution in [0.15, 0.2) is 41.3 Å². The molecule has 1 fully saturated rings. The lowest BCUT2D eigenvalue weighted by molar-refractivity contribution is 0.102. The van der Waals surface area contributed by atoms with E-state index in [4.69, 9.17) is 11.6 Å². The molecule has 1 N–H and O–H groups in total. The van der Waals surface area contributed by atoms with Gasteiger partial charge in [0.2, 0.25) is 10.0 Å². The largest absolute Gasteiger partial charge is 0.322 e. The summed E-state index contributed by atoms with van der Waals surface area (Å²) in [4.78, 5) is 14.4. The summed E-state index contributed by atoms with van der Waals surface area (Å²) < 4.78 is 53.3. The van der Waals surface area contributed by atoms with Crippen LogP contribution in [0.4, 0.5) is 14.5 Å². The van der Waals surface area contributed by atoms with E-state index in [1.807, 2.05) is 11.9 Å². The van der Waals surface area contributed by atoms with Crippen molar-refractivity contribution in [3.63, 3.8) is 0 Å². The Morgan fingerprint density at radius 3 is 2.21 bits per heavy atom. The molecular formula is C18H18ClF2N3O3S. The molecule has 150 valence electrons. The van der Waals surface area contributed by atoms with E-state index in [2.05, 4.69) is 5.32 Å². The average molecular weight is 430 g/mol. The number of amides is 1. The molecule has 0 radical (unpaired) electrons. The van der Waals surface area contributed by atoms with Gasteiger partial charge in [-0.1, -0.05) is 11.6 Å². The minimum absolute atomic E-state index is 0.112. The first-order valence-corrected chi connectivity index (χ1v) is 10.2. The SMILES string of the molecule is CN1CCN(S(=O)(=O)c2ccc(NC(=O)c3cc(F)c(F)cc3Cl)cc2)CC1. The second-order valence-electron chi connectivity index (χ2n) is 6.43. The molecule has 0 bridgehead atoms. The first kappa shape index (κ1) is 20.7. The van der Waals surface area contributed by atoms with Crippen molar-refractivity contribution in [2.24, 2.45) is 0 Å². The number of hydrogen-bond acceptors (Lipinski definition) is 4. The van der Waals surface area contributed by atoms with Gasteiger partial charge in [-0.05, 0) is 43.4 Å². The highest BCUT2D eigenvalue weighted by molar-refractivity contribution is 7.89. The summed E-state index contributed by atoms with van der Waals surface area (Å²) in [5.41, 5.74) is 0.0674. The molecule has 1 heterocycles. The van der Waals surface area contributed by atoms with E-state index in [1.54, 1.807) is 0 Å².